The van der Waals surface area contributed by atoms with Gasteiger partial charge in [0.25, 0.3) is 0 Å². The number of fused-ring (bicyclic) bond motifs is 1. The van der Waals surface area contributed by atoms with Gasteiger partial charge in [0, 0.05) is 6.20 Å². The second kappa shape index (κ2) is 2.91. The normalized spacial score (nSPS) is 11.0. The molecule has 2 aliphatic heterocycles. The summed E-state index contributed by atoms with van der Waals surface area (Å²) in [6, 6.07) is 3.63. The SMILES string of the molecule is Cc1nc2nc(-c3ccco3)nc-2c[nH]1. The maximum Gasteiger partial charge on any atom is 0.198 e. The van der Waals surface area contributed by atoms with Gasteiger partial charge in [-0.05, 0) is 19.1 Å². The first-order valence-electron chi connectivity index (χ1n) is 4.56. The van der Waals surface area contributed by atoms with E-state index in [9.17, 15) is 0 Å². The van der Waals surface area contributed by atoms with E-state index in [1.165, 1.54) is 0 Å². The smallest absolute Gasteiger partial charge is 0.198 e. The Labute approximate surface area is 85.6 Å². The number of nitrogens with zero attached hydrogens (tertiary/aromatic N) is 3. The molecule has 15 heavy (non-hydrogen) atoms. The average molecular weight is 200 g/mol. The van der Waals surface area contributed by atoms with E-state index >= 15 is 0 Å². The Kier molecular flexibility index (Phi) is 1.58. The summed E-state index contributed by atoms with van der Waals surface area (Å²) in [6.45, 7) is 1.88. The summed E-state index contributed by atoms with van der Waals surface area (Å²) in [5.74, 6) is 2.68. The Hall–Kier alpha value is -2.17. The molecule has 0 saturated heterocycles. The van der Waals surface area contributed by atoms with Crippen molar-refractivity contribution in [3.8, 4) is 23.1 Å². The van der Waals surface area contributed by atoms with E-state index in [1.807, 2.05) is 13.0 Å². The topological polar surface area (TPSA) is 67.6 Å². The Morgan fingerprint density at radius 2 is 2.13 bits per heavy atom. The predicted octanol–water partition coefficient (Wildman–Crippen LogP) is 1.87. The number of aromatic nitrogens is 4. The van der Waals surface area contributed by atoms with Gasteiger partial charge >= 0.3 is 0 Å². The average Bonchev–Trinajstić information content (AvgIpc) is 2.84. The molecule has 0 atom stereocenters. The molecule has 5 nitrogen and oxygen atoms in total. The zero-order valence-corrected chi connectivity index (χ0v) is 8.06. The summed E-state index contributed by atoms with van der Waals surface area (Å²) in [5.41, 5.74) is 0.743. The van der Waals surface area contributed by atoms with E-state index < -0.39 is 0 Å². The second-order valence-electron chi connectivity index (χ2n) is 3.22. The minimum Gasteiger partial charge on any atom is -0.461 e. The fourth-order valence-electron chi connectivity index (χ4n) is 1.41. The lowest BCUT2D eigenvalue weighted by Gasteiger charge is -1.94. The van der Waals surface area contributed by atoms with E-state index in [0.717, 1.165) is 11.5 Å². The van der Waals surface area contributed by atoms with Crippen LogP contribution in [0.25, 0.3) is 23.1 Å². The largest absolute Gasteiger partial charge is 0.461 e. The van der Waals surface area contributed by atoms with Gasteiger partial charge < -0.3 is 9.40 Å². The summed E-state index contributed by atoms with van der Waals surface area (Å²) >= 11 is 0. The number of hydrogen-bond donors (Lipinski definition) is 1. The van der Waals surface area contributed by atoms with Crippen LogP contribution in [-0.4, -0.2) is 19.9 Å². The van der Waals surface area contributed by atoms with Gasteiger partial charge in [-0.2, -0.15) is 0 Å². The zero-order valence-electron chi connectivity index (χ0n) is 8.06. The van der Waals surface area contributed by atoms with Gasteiger partial charge in [-0.3, -0.25) is 0 Å². The number of nitrogens with one attached hydrogen (secondary N) is 1. The van der Waals surface area contributed by atoms with E-state index in [-0.39, 0.29) is 0 Å². The summed E-state index contributed by atoms with van der Waals surface area (Å²) < 4.78 is 5.22. The predicted molar refractivity (Wildman–Crippen MR) is 53.2 cm³/mol. The third-order valence-corrected chi connectivity index (χ3v) is 2.10. The molecule has 0 amide bonds. The number of furan rings is 1. The van der Waals surface area contributed by atoms with E-state index in [0.29, 0.717) is 17.4 Å². The number of H-pyrrole nitrogens is 1. The van der Waals surface area contributed by atoms with Crippen LogP contribution in [0.3, 0.4) is 0 Å². The first-order chi connectivity index (χ1) is 7.33. The minimum absolute atomic E-state index is 0.571. The highest BCUT2D eigenvalue weighted by molar-refractivity contribution is 5.59. The van der Waals surface area contributed by atoms with Gasteiger partial charge in [0.15, 0.2) is 17.4 Å². The second-order valence-corrected chi connectivity index (χ2v) is 3.22. The summed E-state index contributed by atoms with van der Waals surface area (Å²) in [4.78, 5) is 15.8. The maximum absolute atomic E-state index is 5.22. The summed E-state index contributed by atoms with van der Waals surface area (Å²) in [7, 11) is 0. The van der Waals surface area contributed by atoms with E-state index in [1.54, 1.807) is 18.5 Å². The van der Waals surface area contributed by atoms with Gasteiger partial charge in [0.1, 0.15) is 11.5 Å². The van der Waals surface area contributed by atoms with Gasteiger partial charge in [-0.25, -0.2) is 15.0 Å². The Balaban J connectivity index is 2.20. The molecule has 0 radical (unpaired) electrons. The fourth-order valence-corrected chi connectivity index (χ4v) is 1.41. The number of aromatic amines is 1. The van der Waals surface area contributed by atoms with Crippen LogP contribution in [0.2, 0.25) is 0 Å². The number of hydrogen-bond acceptors (Lipinski definition) is 4. The monoisotopic (exact) mass is 200 g/mol. The van der Waals surface area contributed by atoms with Crippen LogP contribution in [0.5, 0.6) is 0 Å². The lowest BCUT2D eigenvalue weighted by Crippen LogP contribution is -1.91. The van der Waals surface area contributed by atoms with Gasteiger partial charge in [0.05, 0.1) is 6.26 Å². The summed E-state index contributed by atoms with van der Waals surface area (Å²) in [5, 5.41) is 0. The quantitative estimate of drug-likeness (QED) is 0.651. The molecule has 0 unspecified atom stereocenters. The molecule has 0 spiro atoms. The van der Waals surface area contributed by atoms with Crippen molar-refractivity contribution in [1.29, 1.82) is 0 Å². The minimum atomic E-state index is 0.571. The maximum atomic E-state index is 5.22. The van der Waals surface area contributed by atoms with E-state index in [4.69, 9.17) is 4.42 Å². The molecule has 0 bridgehead atoms. The van der Waals surface area contributed by atoms with Gasteiger partial charge in [-0.1, -0.05) is 0 Å². The third kappa shape index (κ3) is 1.28. The number of imidazole rings is 1. The lowest BCUT2D eigenvalue weighted by molar-refractivity contribution is 0.578. The van der Waals surface area contributed by atoms with Crippen molar-refractivity contribution in [3.63, 3.8) is 0 Å². The highest BCUT2D eigenvalue weighted by atomic mass is 16.3. The van der Waals surface area contributed by atoms with Crippen LogP contribution in [0, 0.1) is 6.92 Å². The zero-order chi connectivity index (χ0) is 10.3. The molecule has 3 heterocycles. The molecule has 0 aliphatic carbocycles. The van der Waals surface area contributed by atoms with Gasteiger partial charge in [-0.15, -0.1) is 0 Å². The molecule has 1 aromatic heterocycles. The molecule has 3 rings (SSSR count). The third-order valence-electron chi connectivity index (χ3n) is 2.10. The van der Waals surface area contributed by atoms with Crippen molar-refractivity contribution in [2.75, 3.05) is 0 Å². The van der Waals surface area contributed by atoms with Crippen molar-refractivity contribution < 1.29 is 4.42 Å². The fraction of sp³-hybridized carbons (Fsp3) is 0.100. The molecular weight excluding hydrogens is 192 g/mol. The van der Waals surface area contributed by atoms with Crippen molar-refractivity contribution in [1.82, 2.24) is 19.9 Å². The first kappa shape index (κ1) is 8.16. The van der Waals surface area contributed by atoms with Crippen LogP contribution in [0.1, 0.15) is 5.82 Å². The van der Waals surface area contributed by atoms with Crippen LogP contribution >= 0.6 is 0 Å². The van der Waals surface area contributed by atoms with Gasteiger partial charge in [0.2, 0.25) is 0 Å². The van der Waals surface area contributed by atoms with Crippen molar-refractivity contribution >= 4 is 0 Å². The summed E-state index contributed by atoms with van der Waals surface area (Å²) in [6.07, 6.45) is 3.39. The molecule has 74 valence electrons. The number of aryl methyl sites for hydroxylation is 1. The molecule has 1 N–H and O–H groups in total. The molecule has 0 fully saturated rings. The highest BCUT2D eigenvalue weighted by Gasteiger charge is 2.14. The Bertz CT molecular complexity index is 555. The van der Waals surface area contributed by atoms with E-state index in [2.05, 4.69) is 19.9 Å². The highest BCUT2D eigenvalue weighted by Crippen LogP contribution is 2.22. The first-order valence-corrected chi connectivity index (χ1v) is 4.56. The Morgan fingerprint density at radius 3 is 2.93 bits per heavy atom. The molecule has 0 aromatic carbocycles. The van der Waals surface area contributed by atoms with Crippen LogP contribution in [0.4, 0.5) is 0 Å². The Morgan fingerprint density at radius 1 is 1.20 bits per heavy atom. The lowest BCUT2D eigenvalue weighted by atomic mass is 10.4. The van der Waals surface area contributed by atoms with Crippen LogP contribution in [-0.2, 0) is 0 Å². The van der Waals surface area contributed by atoms with Crippen LogP contribution < -0.4 is 0 Å². The molecule has 5 heteroatoms. The molecule has 2 aliphatic rings. The van der Waals surface area contributed by atoms with Crippen molar-refractivity contribution in [2.45, 2.75) is 6.92 Å². The molecule has 1 aromatic rings. The van der Waals surface area contributed by atoms with Crippen molar-refractivity contribution in [2.24, 2.45) is 0 Å². The van der Waals surface area contributed by atoms with Crippen LogP contribution in [0.15, 0.2) is 29.0 Å². The molecule has 0 saturated carbocycles. The number of rotatable bonds is 1. The van der Waals surface area contributed by atoms with Crippen molar-refractivity contribution in [3.05, 3.63) is 30.4 Å². The molecular formula is C10H8N4O. The standard InChI is InChI=1S/C10H8N4O/c1-6-11-5-7-9(12-6)14-10(13-7)8-3-2-4-15-8/h2-5H,1H3,(H,11,12,13,14).